The Morgan fingerprint density at radius 2 is 1.85 bits per heavy atom. The van der Waals surface area contributed by atoms with Crippen molar-refractivity contribution < 1.29 is 0 Å². The highest BCUT2D eigenvalue weighted by Gasteiger charge is 2.11. The van der Waals surface area contributed by atoms with Crippen molar-refractivity contribution in [3.8, 4) is 0 Å². The molecule has 0 saturated heterocycles. The predicted octanol–water partition coefficient (Wildman–Crippen LogP) is 3.99. The first-order valence-corrected chi connectivity index (χ1v) is 7.52. The average molecular weight is 271 g/mol. The van der Waals surface area contributed by atoms with Crippen molar-refractivity contribution in [1.29, 1.82) is 0 Å². The number of rotatable bonds is 5. The molecule has 0 spiro atoms. The van der Waals surface area contributed by atoms with Gasteiger partial charge in [-0.25, -0.2) is 0 Å². The quantitative estimate of drug-likeness (QED) is 0.891. The summed E-state index contributed by atoms with van der Waals surface area (Å²) in [6.07, 6.45) is 0.967. The van der Waals surface area contributed by atoms with Crippen LogP contribution in [0.5, 0.6) is 0 Å². The van der Waals surface area contributed by atoms with E-state index in [1.165, 1.54) is 28.0 Å². The zero-order valence-electron chi connectivity index (χ0n) is 13.2. The molecule has 1 aromatic carbocycles. The molecular formula is C17H25N3. The molecule has 1 aromatic heterocycles. The highest BCUT2D eigenvalue weighted by atomic mass is 15.1. The molecule has 0 fully saturated rings. The van der Waals surface area contributed by atoms with E-state index in [2.05, 4.69) is 56.1 Å². The second-order valence-electron chi connectivity index (χ2n) is 5.04. The molecule has 1 N–H and O–H groups in total. The molecule has 0 radical (unpaired) electrons. The molecule has 1 heterocycles. The molecule has 0 aliphatic carbocycles. The van der Waals surface area contributed by atoms with Gasteiger partial charge in [0.1, 0.15) is 0 Å². The van der Waals surface area contributed by atoms with Crippen LogP contribution in [-0.4, -0.2) is 25.1 Å². The van der Waals surface area contributed by atoms with Crippen molar-refractivity contribution in [3.05, 3.63) is 29.5 Å². The Kier molecular flexibility index (Phi) is 4.48. The highest BCUT2D eigenvalue weighted by molar-refractivity contribution is 5.95. The summed E-state index contributed by atoms with van der Waals surface area (Å²) >= 11 is 0. The summed E-state index contributed by atoms with van der Waals surface area (Å²) in [5.74, 6) is 0. The Hall–Kier alpha value is -1.77. The van der Waals surface area contributed by atoms with Gasteiger partial charge in [-0.1, -0.05) is 6.92 Å². The Labute approximate surface area is 122 Å². The SMILES string of the molecule is CCc1nc2ccc(N(CC)CC)cc2c(NC)c1C. The lowest BCUT2D eigenvalue weighted by Gasteiger charge is -2.22. The van der Waals surface area contributed by atoms with E-state index in [0.717, 1.165) is 25.0 Å². The number of aromatic nitrogens is 1. The first kappa shape index (κ1) is 14.6. The topological polar surface area (TPSA) is 28.2 Å². The predicted molar refractivity (Wildman–Crippen MR) is 89.0 cm³/mol. The fourth-order valence-electron chi connectivity index (χ4n) is 2.85. The van der Waals surface area contributed by atoms with Crippen LogP contribution in [0.3, 0.4) is 0 Å². The third kappa shape index (κ3) is 2.45. The third-order valence-electron chi connectivity index (χ3n) is 4.03. The number of aryl methyl sites for hydroxylation is 1. The lowest BCUT2D eigenvalue weighted by atomic mass is 10.0. The van der Waals surface area contributed by atoms with Crippen LogP contribution in [0.25, 0.3) is 10.9 Å². The van der Waals surface area contributed by atoms with Crippen molar-refractivity contribution in [2.45, 2.75) is 34.1 Å². The molecule has 0 aliphatic rings. The van der Waals surface area contributed by atoms with Crippen LogP contribution >= 0.6 is 0 Å². The Morgan fingerprint density at radius 3 is 2.40 bits per heavy atom. The minimum absolute atomic E-state index is 0.967. The maximum Gasteiger partial charge on any atom is 0.0727 e. The third-order valence-corrected chi connectivity index (χ3v) is 4.03. The van der Waals surface area contributed by atoms with Gasteiger partial charge in [0, 0.05) is 42.6 Å². The van der Waals surface area contributed by atoms with Crippen LogP contribution in [0.1, 0.15) is 32.0 Å². The number of hydrogen-bond donors (Lipinski definition) is 1. The van der Waals surface area contributed by atoms with Gasteiger partial charge in [-0.05, 0) is 51.0 Å². The van der Waals surface area contributed by atoms with E-state index < -0.39 is 0 Å². The van der Waals surface area contributed by atoms with E-state index in [0.29, 0.717) is 0 Å². The molecule has 0 unspecified atom stereocenters. The van der Waals surface area contributed by atoms with Crippen LogP contribution in [0.4, 0.5) is 11.4 Å². The van der Waals surface area contributed by atoms with E-state index in [1.54, 1.807) is 0 Å². The molecule has 3 heteroatoms. The van der Waals surface area contributed by atoms with Gasteiger partial charge in [0.15, 0.2) is 0 Å². The van der Waals surface area contributed by atoms with Crippen LogP contribution < -0.4 is 10.2 Å². The number of nitrogens with zero attached hydrogens (tertiary/aromatic N) is 2. The maximum atomic E-state index is 4.80. The number of benzene rings is 1. The highest BCUT2D eigenvalue weighted by Crippen LogP contribution is 2.31. The van der Waals surface area contributed by atoms with Crippen molar-refractivity contribution >= 4 is 22.3 Å². The minimum atomic E-state index is 0.967. The minimum Gasteiger partial charge on any atom is -0.387 e. The fourth-order valence-corrected chi connectivity index (χ4v) is 2.85. The number of hydrogen-bond acceptors (Lipinski definition) is 3. The standard InChI is InChI=1S/C17H25N3/c1-6-15-12(4)17(18-5)14-11-13(20(7-2)8-3)9-10-16(14)19-15/h9-11H,6-8H2,1-5H3,(H,18,19). The molecule has 0 aliphatic heterocycles. The van der Waals surface area contributed by atoms with Gasteiger partial charge in [0.25, 0.3) is 0 Å². The first-order chi connectivity index (χ1) is 9.65. The largest absolute Gasteiger partial charge is 0.387 e. The Morgan fingerprint density at radius 1 is 1.15 bits per heavy atom. The van der Waals surface area contributed by atoms with E-state index in [4.69, 9.17) is 4.98 Å². The van der Waals surface area contributed by atoms with Crippen molar-refractivity contribution in [3.63, 3.8) is 0 Å². The molecule has 2 rings (SSSR count). The Bertz CT molecular complexity index is 601. The van der Waals surface area contributed by atoms with Gasteiger partial charge in [-0.2, -0.15) is 0 Å². The van der Waals surface area contributed by atoms with E-state index in [9.17, 15) is 0 Å². The second-order valence-corrected chi connectivity index (χ2v) is 5.04. The molecule has 0 atom stereocenters. The molecular weight excluding hydrogens is 246 g/mol. The number of nitrogens with one attached hydrogen (secondary N) is 1. The average Bonchev–Trinajstić information content (AvgIpc) is 2.48. The lowest BCUT2D eigenvalue weighted by molar-refractivity contribution is 0.867. The lowest BCUT2D eigenvalue weighted by Crippen LogP contribution is -2.21. The second kappa shape index (κ2) is 6.12. The number of pyridine rings is 1. The van der Waals surface area contributed by atoms with Gasteiger partial charge in [-0.3, -0.25) is 4.98 Å². The smallest absolute Gasteiger partial charge is 0.0727 e. The van der Waals surface area contributed by atoms with Crippen LogP contribution in [0, 0.1) is 6.92 Å². The van der Waals surface area contributed by atoms with Crippen LogP contribution in [0.15, 0.2) is 18.2 Å². The normalized spacial score (nSPS) is 10.8. The summed E-state index contributed by atoms with van der Waals surface area (Å²) in [4.78, 5) is 7.16. The summed E-state index contributed by atoms with van der Waals surface area (Å²) in [7, 11) is 1.99. The summed E-state index contributed by atoms with van der Waals surface area (Å²) in [5, 5.41) is 4.57. The summed E-state index contributed by atoms with van der Waals surface area (Å²) in [6, 6.07) is 6.58. The van der Waals surface area contributed by atoms with Gasteiger partial charge in [-0.15, -0.1) is 0 Å². The fraction of sp³-hybridized carbons (Fsp3) is 0.471. The zero-order valence-corrected chi connectivity index (χ0v) is 13.2. The number of fused-ring (bicyclic) bond motifs is 1. The van der Waals surface area contributed by atoms with E-state index >= 15 is 0 Å². The van der Waals surface area contributed by atoms with Gasteiger partial charge in [0.05, 0.1) is 5.52 Å². The molecule has 2 aromatic rings. The van der Waals surface area contributed by atoms with Crippen LogP contribution in [0.2, 0.25) is 0 Å². The summed E-state index contributed by atoms with van der Waals surface area (Å²) in [5.41, 5.74) is 6.00. The van der Waals surface area contributed by atoms with Gasteiger partial charge in [0.2, 0.25) is 0 Å². The van der Waals surface area contributed by atoms with Gasteiger partial charge >= 0.3 is 0 Å². The molecule has 0 bridgehead atoms. The Balaban J connectivity index is 2.67. The monoisotopic (exact) mass is 271 g/mol. The number of anilines is 2. The van der Waals surface area contributed by atoms with Gasteiger partial charge < -0.3 is 10.2 Å². The maximum absolute atomic E-state index is 4.80. The molecule has 3 nitrogen and oxygen atoms in total. The van der Waals surface area contributed by atoms with Crippen molar-refractivity contribution in [2.24, 2.45) is 0 Å². The molecule has 20 heavy (non-hydrogen) atoms. The van der Waals surface area contributed by atoms with Crippen LogP contribution in [-0.2, 0) is 6.42 Å². The molecule has 108 valence electrons. The first-order valence-electron chi connectivity index (χ1n) is 7.52. The van der Waals surface area contributed by atoms with E-state index in [1.807, 2.05) is 7.05 Å². The van der Waals surface area contributed by atoms with E-state index in [-0.39, 0.29) is 0 Å². The molecule has 0 amide bonds. The van der Waals surface area contributed by atoms with Crippen molar-refractivity contribution in [2.75, 3.05) is 30.4 Å². The summed E-state index contributed by atoms with van der Waals surface area (Å²) < 4.78 is 0. The molecule has 0 saturated carbocycles. The van der Waals surface area contributed by atoms with Crippen molar-refractivity contribution in [1.82, 2.24) is 4.98 Å². The summed E-state index contributed by atoms with van der Waals surface area (Å²) in [6.45, 7) is 10.7. The zero-order chi connectivity index (χ0) is 14.7.